The number of carbonyl (C=O) groups is 2. The highest BCUT2D eigenvalue weighted by Gasteiger charge is 2.16. The number of nitrogens with one attached hydrogen (secondary N) is 1. The summed E-state index contributed by atoms with van der Waals surface area (Å²) in [6.07, 6.45) is 3.09. The third kappa shape index (κ3) is 4.65. The second kappa shape index (κ2) is 8.26. The molecule has 1 aromatic carbocycles. The highest BCUT2D eigenvalue weighted by molar-refractivity contribution is 5.92. The van der Waals surface area contributed by atoms with Crippen molar-refractivity contribution in [2.45, 2.75) is 26.2 Å². The fourth-order valence-corrected chi connectivity index (χ4v) is 2.04. The molecule has 1 N–H and O–H groups in total. The standard InChI is InChI=1S/C16H21NO5/c1-2-3-4-7-17-15(18)11-22-16(19)12-5-6-13-14(10-12)21-9-8-20-13/h5-6,10H,2-4,7-9,11H2,1H3,(H,17,18). The molecule has 0 saturated carbocycles. The van der Waals surface area contributed by atoms with E-state index in [-0.39, 0.29) is 12.5 Å². The molecule has 0 atom stereocenters. The highest BCUT2D eigenvalue weighted by atomic mass is 16.6. The molecule has 1 amide bonds. The molecule has 0 aliphatic carbocycles. The van der Waals surface area contributed by atoms with E-state index in [9.17, 15) is 9.59 Å². The zero-order chi connectivity index (χ0) is 15.8. The summed E-state index contributed by atoms with van der Waals surface area (Å²) in [7, 11) is 0. The van der Waals surface area contributed by atoms with Crippen LogP contribution in [0.5, 0.6) is 11.5 Å². The predicted octanol–water partition coefficient (Wildman–Crippen LogP) is 1.92. The predicted molar refractivity (Wildman–Crippen MR) is 80.2 cm³/mol. The molecule has 120 valence electrons. The van der Waals surface area contributed by atoms with Gasteiger partial charge < -0.3 is 19.5 Å². The van der Waals surface area contributed by atoms with Gasteiger partial charge in [0, 0.05) is 6.54 Å². The minimum Gasteiger partial charge on any atom is -0.486 e. The van der Waals surface area contributed by atoms with Crippen LogP contribution in [0.4, 0.5) is 0 Å². The Hall–Kier alpha value is -2.24. The van der Waals surface area contributed by atoms with Crippen molar-refractivity contribution in [2.24, 2.45) is 0 Å². The summed E-state index contributed by atoms with van der Waals surface area (Å²) in [5.41, 5.74) is 0.336. The van der Waals surface area contributed by atoms with Crippen LogP contribution in [0.3, 0.4) is 0 Å². The molecule has 22 heavy (non-hydrogen) atoms. The molecule has 0 unspecified atom stereocenters. The van der Waals surface area contributed by atoms with Crippen molar-refractivity contribution in [2.75, 3.05) is 26.4 Å². The zero-order valence-corrected chi connectivity index (χ0v) is 12.7. The summed E-state index contributed by atoms with van der Waals surface area (Å²) >= 11 is 0. The largest absolute Gasteiger partial charge is 0.486 e. The van der Waals surface area contributed by atoms with E-state index < -0.39 is 5.97 Å². The van der Waals surface area contributed by atoms with Crippen LogP contribution in [0.15, 0.2) is 18.2 Å². The third-order valence-corrected chi connectivity index (χ3v) is 3.21. The van der Waals surface area contributed by atoms with Crippen molar-refractivity contribution in [1.82, 2.24) is 5.32 Å². The van der Waals surface area contributed by atoms with E-state index in [1.807, 2.05) is 0 Å². The third-order valence-electron chi connectivity index (χ3n) is 3.21. The number of unbranched alkanes of at least 4 members (excludes halogenated alkanes) is 2. The van der Waals surface area contributed by atoms with Gasteiger partial charge in [0.2, 0.25) is 0 Å². The molecule has 0 fully saturated rings. The lowest BCUT2D eigenvalue weighted by Crippen LogP contribution is -2.29. The maximum Gasteiger partial charge on any atom is 0.338 e. The number of hydrogen-bond acceptors (Lipinski definition) is 5. The Labute approximate surface area is 129 Å². The van der Waals surface area contributed by atoms with Crippen LogP contribution in [0.25, 0.3) is 0 Å². The smallest absolute Gasteiger partial charge is 0.338 e. The molecular formula is C16H21NO5. The molecule has 1 aliphatic heterocycles. The average molecular weight is 307 g/mol. The van der Waals surface area contributed by atoms with Crippen molar-refractivity contribution in [1.29, 1.82) is 0 Å². The second-order valence-electron chi connectivity index (χ2n) is 4.99. The van der Waals surface area contributed by atoms with Crippen LogP contribution in [-0.2, 0) is 9.53 Å². The molecule has 6 nitrogen and oxygen atoms in total. The lowest BCUT2D eigenvalue weighted by molar-refractivity contribution is -0.124. The van der Waals surface area contributed by atoms with Crippen molar-refractivity contribution in [3.8, 4) is 11.5 Å². The molecule has 0 saturated heterocycles. The van der Waals surface area contributed by atoms with Gasteiger partial charge in [-0.25, -0.2) is 4.79 Å². The van der Waals surface area contributed by atoms with Gasteiger partial charge in [0.1, 0.15) is 13.2 Å². The number of esters is 1. The number of benzene rings is 1. The van der Waals surface area contributed by atoms with Gasteiger partial charge in [0.25, 0.3) is 5.91 Å². The first kappa shape index (κ1) is 16.1. The Morgan fingerprint density at radius 3 is 2.73 bits per heavy atom. The molecule has 0 aromatic heterocycles. The van der Waals surface area contributed by atoms with Crippen molar-refractivity contribution in [3.63, 3.8) is 0 Å². The molecule has 0 bridgehead atoms. The first-order chi connectivity index (χ1) is 10.7. The van der Waals surface area contributed by atoms with E-state index in [1.54, 1.807) is 18.2 Å². The fraction of sp³-hybridized carbons (Fsp3) is 0.500. The SMILES string of the molecule is CCCCCNC(=O)COC(=O)c1ccc2c(c1)OCCO2. The van der Waals surface area contributed by atoms with Gasteiger partial charge in [0.05, 0.1) is 5.56 Å². The average Bonchev–Trinajstić information content (AvgIpc) is 2.56. The molecule has 1 heterocycles. The van der Waals surface area contributed by atoms with Crippen LogP contribution in [0.1, 0.15) is 36.5 Å². The highest BCUT2D eigenvalue weighted by Crippen LogP contribution is 2.30. The first-order valence-electron chi connectivity index (χ1n) is 7.54. The molecule has 0 spiro atoms. The van der Waals surface area contributed by atoms with Gasteiger partial charge in [-0.3, -0.25) is 4.79 Å². The number of carbonyl (C=O) groups excluding carboxylic acids is 2. The molecular weight excluding hydrogens is 286 g/mol. The maximum atomic E-state index is 11.9. The topological polar surface area (TPSA) is 73.9 Å². The Kier molecular flexibility index (Phi) is 6.06. The molecule has 2 rings (SSSR count). The van der Waals surface area contributed by atoms with Gasteiger partial charge in [-0.1, -0.05) is 19.8 Å². The lowest BCUT2D eigenvalue weighted by Gasteiger charge is -2.18. The van der Waals surface area contributed by atoms with Crippen LogP contribution in [0.2, 0.25) is 0 Å². The van der Waals surface area contributed by atoms with Crippen molar-refractivity contribution < 1.29 is 23.8 Å². The van der Waals surface area contributed by atoms with Gasteiger partial charge in [-0.15, -0.1) is 0 Å². The minimum atomic E-state index is -0.555. The normalized spacial score (nSPS) is 12.6. The van der Waals surface area contributed by atoms with E-state index in [1.165, 1.54) is 0 Å². The summed E-state index contributed by atoms with van der Waals surface area (Å²) < 4.78 is 15.8. The Bertz CT molecular complexity index is 529. The number of amides is 1. The number of fused-ring (bicyclic) bond motifs is 1. The minimum absolute atomic E-state index is 0.278. The zero-order valence-electron chi connectivity index (χ0n) is 12.7. The monoisotopic (exact) mass is 307 g/mol. The van der Waals surface area contributed by atoms with Crippen LogP contribution >= 0.6 is 0 Å². The van der Waals surface area contributed by atoms with E-state index in [4.69, 9.17) is 14.2 Å². The quantitative estimate of drug-likeness (QED) is 0.615. The van der Waals surface area contributed by atoms with Crippen LogP contribution in [0, 0.1) is 0 Å². The van der Waals surface area contributed by atoms with E-state index >= 15 is 0 Å². The summed E-state index contributed by atoms with van der Waals surface area (Å²) in [4.78, 5) is 23.5. The second-order valence-corrected chi connectivity index (χ2v) is 4.99. The Morgan fingerprint density at radius 1 is 1.18 bits per heavy atom. The summed E-state index contributed by atoms with van der Waals surface area (Å²) in [5.74, 6) is 0.281. The first-order valence-corrected chi connectivity index (χ1v) is 7.54. The number of rotatable bonds is 7. The summed E-state index contributed by atoms with van der Waals surface area (Å²) in [5, 5.41) is 2.71. The van der Waals surface area contributed by atoms with Crippen molar-refractivity contribution >= 4 is 11.9 Å². The van der Waals surface area contributed by atoms with Gasteiger partial charge in [0.15, 0.2) is 18.1 Å². The Morgan fingerprint density at radius 2 is 1.95 bits per heavy atom. The Balaban J connectivity index is 1.78. The van der Waals surface area contributed by atoms with Crippen LogP contribution in [-0.4, -0.2) is 38.2 Å². The molecule has 0 radical (unpaired) electrons. The van der Waals surface area contributed by atoms with E-state index in [0.717, 1.165) is 19.3 Å². The fourth-order valence-electron chi connectivity index (χ4n) is 2.04. The lowest BCUT2D eigenvalue weighted by atomic mass is 10.2. The van der Waals surface area contributed by atoms with Gasteiger partial charge in [-0.05, 0) is 24.6 Å². The maximum absolute atomic E-state index is 11.9. The van der Waals surface area contributed by atoms with Gasteiger partial charge >= 0.3 is 5.97 Å². The van der Waals surface area contributed by atoms with Crippen molar-refractivity contribution in [3.05, 3.63) is 23.8 Å². The summed E-state index contributed by atoms with van der Waals surface area (Å²) in [6, 6.07) is 4.82. The molecule has 6 heteroatoms. The summed E-state index contributed by atoms with van der Waals surface area (Å²) in [6.45, 7) is 3.37. The van der Waals surface area contributed by atoms with E-state index in [0.29, 0.717) is 36.8 Å². The number of ether oxygens (including phenoxy) is 3. The van der Waals surface area contributed by atoms with E-state index in [2.05, 4.69) is 12.2 Å². The molecule has 1 aromatic rings. The number of hydrogen-bond donors (Lipinski definition) is 1. The van der Waals surface area contributed by atoms with Crippen LogP contribution < -0.4 is 14.8 Å². The van der Waals surface area contributed by atoms with Gasteiger partial charge in [-0.2, -0.15) is 0 Å². The molecule has 1 aliphatic rings.